The average Bonchev–Trinajstić information content (AvgIpc) is 2.40. The first-order valence-corrected chi connectivity index (χ1v) is 7.13. The van der Waals surface area contributed by atoms with Crippen molar-refractivity contribution >= 4 is 15.9 Å². The van der Waals surface area contributed by atoms with Crippen LogP contribution in [0.25, 0.3) is 5.76 Å². The lowest BCUT2D eigenvalue weighted by Crippen LogP contribution is -2.26. The number of alkyl halides is 3. The highest BCUT2D eigenvalue weighted by molar-refractivity contribution is 7.87. The van der Waals surface area contributed by atoms with Crippen LogP contribution in [0.2, 0.25) is 0 Å². The van der Waals surface area contributed by atoms with Crippen LogP contribution in [-0.2, 0) is 20.7 Å². The Morgan fingerprint density at radius 1 is 1.19 bits per heavy atom. The molecule has 21 heavy (non-hydrogen) atoms. The van der Waals surface area contributed by atoms with Gasteiger partial charge in [0.05, 0.1) is 7.11 Å². The molecule has 0 bridgehead atoms. The van der Waals surface area contributed by atoms with Crippen molar-refractivity contribution in [1.82, 2.24) is 0 Å². The Balaban J connectivity index is 2.49. The fraction of sp³-hybridized carbons (Fsp3) is 0.333. The highest BCUT2D eigenvalue weighted by atomic mass is 32.2. The molecule has 1 aliphatic rings. The summed E-state index contributed by atoms with van der Waals surface area (Å²) in [4.78, 5) is 0. The Morgan fingerprint density at radius 2 is 1.86 bits per heavy atom. The van der Waals surface area contributed by atoms with Crippen LogP contribution in [0, 0.1) is 0 Å². The van der Waals surface area contributed by atoms with Gasteiger partial charge < -0.3 is 8.92 Å². The molecule has 0 aromatic heterocycles. The van der Waals surface area contributed by atoms with E-state index < -0.39 is 27.2 Å². The molecule has 0 heterocycles. The van der Waals surface area contributed by atoms with Crippen molar-refractivity contribution < 1.29 is 34.9 Å². The quantitative estimate of drug-likeness (QED) is 0.486. The smallest absolute Gasteiger partial charge is 0.497 e. The number of hydrogen-bond donors (Lipinski definition) is 0. The molecule has 0 unspecified atom stereocenters. The summed E-state index contributed by atoms with van der Waals surface area (Å²) in [6.45, 7) is 0. The van der Waals surface area contributed by atoms with Crippen LogP contribution in [0.15, 0.2) is 24.0 Å². The molecule has 9 heteroatoms. The van der Waals surface area contributed by atoms with Gasteiger partial charge in [-0.15, -0.1) is 0 Å². The second-order valence-corrected chi connectivity index (χ2v) is 5.78. The summed E-state index contributed by atoms with van der Waals surface area (Å²) in [5, 5.41) is 0. The van der Waals surface area contributed by atoms with Crippen LogP contribution < -0.4 is 4.74 Å². The molecular formula is C12H10F4O4S. The molecule has 1 aromatic rings. The minimum atomic E-state index is -5.93. The Kier molecular flexibility index (Phi) is 3.87. The third-order valence-electron chi connectivity index (χ3n) is 2.90. The van der Waals surface area contributed by atoms with Gasteiger partial charge in [-0.3, -0.25) is 0 Å². The summed E-state index contributed by atoms with van der Waals surface area (Å²) in [7, 11) is -4.61. The first-order valence-electron chi connectivity index (χ1n) is 5.72. The molecule has 0 aliphatic heterocycles. The van der Waals surface area contributed by atoms with Gasteiger partial charge in [0.25, 0.3) is 0 Å². The van der Waals surface area contributed by atoms with E-state index in [0.717, 1.165) is 0 Å². The molecule has 0 saturated carbocycles. The molecular weight excluding hydrogens is 316 g/mol. The van der Waals surface area contributed by atoms with Gasteiger partial charge in [-0.1, -0.05) is 6.07 Å². The predicted molar refractivity (Wildman–Crippen MR) is 65.4 cm³/mol. The zero-order valence-corrected chi connectivity index (χ0v) is 11.5. The van der Waals surface area contributed by atoms with Crippen LogP contribution in [-0.4, -0.2) is 21.0 Å². The molecule has 0 spiro atoms. The summed E-state index contributed by atoms with van der Waals surface area (Å²) in [6, 6.07) is 4.29. The number of fused-ring (bicyclic) bond motifs is 1. The number of methoxy groups -OCH3 is 1. The van der Waals surface area contributed by atoms with Gasteiger partial charge in [0, 0.05) is 12.0 Å². The van der Waals surface area contributed by atoms with Crippen LogP contribution >= 0.6 is 0 Å². The van der Waals surface area contributed by atoms with Gasteiger partial charge in [-0.2, -0.15) is 21.6 Å². The molecule has 0 radical (unpaired) electrons. The zero-order chi connectivity index (χ0) is 15.8. The van der Waals surface area contributed by atoms with E-state index >= 15 is 0 Å². The Morgan fingerprint density at radius 3 is 2.43 bits per heavy atom. The van der Waals surface area contributed by atoms with Crippen molar-refractivity contribution in [2.45, 2.75) is 18.3 Å². The molecule has 0 fully saturated rings. The van der Waals surface area contributed by atoms with E-state index in [1.54, 1.807) is 0 Å². The Bertz CT molecular complexity index is 692. The monoisotopic (exact) mass is 326 g/mol. The maximum atomic E-state index is 13.8. The SMILES string of the molecule is COc1ccc2c(c1)C(OS(=O)(=O)C(F)(F)F)=C(F)CC2. The Hall–Kier alpha value is -1.77. The van der Waals surface area contributed by atoms with Gasteiger partial charge in [0.15, 0.2) is 5.76 Å². The minimum Gasteiger partial charge on any atom is -0.497 e. The fourth-order valence-corrected chi connectivity index (χ4v) is 2.36. The molecule has 2 rings (SSSR count). The number of allylic oxidation sites excluding steroid dienone is 1. The standard InChI is InChI=1S/C12H10F4O4S/c1-19-8-4-2-7-3-5-10(13)11(9(7)6-8)20-21(17,18)12(14,15)16/h2,4,6H,3,5H2,1H3. The van der Waals surface area contributed by atoms with Crippen LogP contribution in [0.3, 0.4) is 0 Å². The lowest BCUT2D eigenvalue weighted by molar-refractivity contribution is -0.0510. The first-order chi connectivity index (χ1) is 9.65. The zero-order valence-electron chi connectivity index (χ0n) is 10.7. The van der Waals surface area contributed by atoms with E-state index in [-0.39, 0.29) is 24.2 Å². The van der Waals surface area contributed by atoms with E-state index in [9.17, 15) is 26.0 Å². The van der Waals surface area contributed by atoms with Crippen molar-refractivity contribution in [2.75, 3.05) is 7.11 Å². The van der Waals surface area contributed by atoms with Gasteiger partial charge in [0.1, 0.15) is 11.6 Å². The number of benzene rings is 1. The van der Waals surface area contributed by atoms with Crippen LogP contribution in [0.1, 0.15) is 17.5 Å². The van der Waals surface area contributed by atoms with Gasteiger partial charge in [0.2, 0.25) is 0 Å². The number of rotatable bonds is 3. The van der Waals surface area contributed by atoms with Crippen molar-refractivity contribution in [3.8, 4) is 5.75 Å². The van der Waals surface area contributed by atoms with Crippen molar-refractivity contribution in [2.24, 2.45) is 0 Å². The predicted octanol–water partition coefficient (Wildman–Crippen LogP) is 3.15. The number of ether oxygens (including phenoxy) is 1. The fourth-order valence-electron chi connectivity index (χ4n) is 1.86. The molecule has 1 aromatic carbocycles. The highest BCUT2D eigenvalue weighted by Crippen LogP contribution is 2.38. The molecule has 0 atom stereocenters. The van der Waals surface area contributed by atoms with Crippen LogP contribution in [0.4, 0.5) is 17.6 Å². The lowest BCUT2D eigenvalue weighted by atomic mass is 9.95. The van der Waals surface area contributed by atoms with Crippen LogP contribution in [0.5, 0.6) is 5.75 Å². The molecule has 0 amide bonds. The maximum Gasteiger partial charge on any atom is 0.534 e. The van der Waals surface area contributed by atoms with Gasteiger partial charge in [-0.05, 0) is 24.1 Å². The summed E-state index contributed by atoms with van der Waals surface area (Å²) >= 11 is 0. The summed E-state index contributed by atoms with van der Waals surface area (Å²) < 4.78 is 81.8. The number of halogens is 4. The second-order valence-electron chi connectivity index (χ2n) is 4.24. The summed E-state index contributed by atoms with van der Waals surface area (Å²) in [5.41, 5.74) is -5.22. The van der Waals surface area contributed by atoms with Crippen molar-refractivity contribution in [3.05, 3.63) is 35.2 Å². The van der Waals surface area contributed by atoms with Crippen molar-refractivity contribution in [1.29, 1.82) is 0 Å². The third-order valence-corrected chi connectivity index (χ3v) is 3.85. The average molecular weight is 326 g/mol. The minimum absolute atomic E-state index is 0.0640. The topological polar surface area (TPSA) is 52.6 Å². The summed E-state index contributed by atoms with van der Waals surface area (Å²) in [5.74, 6) is -1.75. The lowest BCUT2D eigenvalue weighted by Gasteiger charge is -2.20. The maximum absolute atomic E-state index is 13.8. The normalized spacial score (nSPS) is 15.7. The van der Waals surface area contributed by atoms with Gasteiger partial charge in [-0.25, -0.2) is 4.39 Å². The van der Waals surface area contributed by atoms with E-state index in [4.69, 9.17) is 4.74 Å². The molecule has 116 valence electrons. The number of hydrogen-bond acceptors (Lipinski definition) is 4. The highest BCUT2D eigenvalue weighted by Gasteiger charge is 2.49. The van der Waals surface area contributed by atoms with Crippen molar-refractivity contribution in [3.63, 3.8) is 0 Å². The molecule has 0 saturated heterocycles. The summed E-state index contributed by atoms with van der Waals surface area (Å²) in [6.07, 6.45) is -0.00781. The second kappa shape index (κ2) is 5.21. The van der Waals surface area contributed by atoms with E-state index in [0.29, 0.717) is 5.56 Å². The third kappa shape index (κ3) is 2.97. The number of aryl methyl sites for hydroxylation is 1. The molecule has 1 aliphatic carbocycles. The first kappa shape index (κ1) is 15.6. The molecule has 4 nitrogen and oxygen atoms in total. The Labute approximate surface area is 118 Å². The molecule has 0 N–H and O–H groups in total. The van der Waals surface area contributed by atoms with E-state index in [2.05, 4.69) is 4.18 Å². The van der Waals surface area contributed by atoms with E-state index in [1.807, 2.05) is 0 Å². The largest absolute Gasteiger partial charge is 0.534 e. The van der Waals surface area contributed by atoms with Gasteiger partial charge >= 0.3 is 15.6 Å². The van der Waals surface area contributed by atoms with E-state index in [1.165, 1.54) is 25.3 Å².